The summed E-state index contributed by atoms with van der Waals surface area (Å²) in [4.78, 5) is 1.10. The molecule has 1 fully saturated rings. The van der Waals surface area contributed by atoms with E-state index in [9.17, 15) is 10.2 Å². The Morgan fingerprint density at radius 3 is 2.58 bits per heavy atom. The van der Waals surface area contributed by atoms with Crippen LogP contribution in [0.3, 0.4) is 0 Å². The summed E-state index contributed by atoms with van der Waals surface area (Å²) in [6.07, 6.45) is -4.16. The van der Waals surface area contributed by atoms with E-state index >= 15 is 0 Å². The van der Waals surface area contributed by atoms with Crippen molar-refractivity contribution in [3.05, 3.63) is 88.9 Å². The van der Waals surface area contributed by atoms with E-state index in [0.717, 1.165) is 11.0 Å². The lowest BCUT2D eigenvalue weighted by atomic mass is 9.85. The molecule has 0 saturated carbocycles. The van der Waals surface area contributed by atoms with Gasteiger partial charge in [-0.05, 0) is 78.6 Å². The molecule has 2 aliphatic rings. The summed E-state index contributed by atoms with van der Waals surface area (Å²) in [7, 11) is 0. The van der Waals surface area contributed by atoms with Crippen molar-refractivity contribution < 1.29 is 32.8 Å². The fourth-order valence-electron chi connectivity index (χ4n) is 4.23. The second-order valence-electron chi connectivity index (χ2n) is 8.20. The van der Waals surface area contributed by atoms with Crippen LogP contribution >= 0.6 is 0 Å². The number of rotatable bonds is 6. The second kappa shape index (κ2) is 8.95. The zero-order chi connectivity index (χ0) is 34.1. The van der Waals surface area contributed by atoms with Crippen LogP contribution in [0.1, 0.15) is 66.3 Å². The minimum absolute atomic E-state index is 0.0143. The largest absolute Gasteiger partial charge is 0.508 e. The predicted molar refractivity (Wildman–Crippen MR) is 132 cm³/mol. The first-order valence-corrected chi connectivity index (χ1v) is 10.5. The van der Waals surface area contributed by atoms with Gasteiger partial charge in [0.05, 0.1) is 4.11 Å². The number of phenols is 2. The molecule has 0 bridgehead atoms. The molecule has 1 saturated heterocycles. The van der Waals surface area contributed by atoms with Gasteiger partial charge >= 0.3 is 0 Å². The number of nitrogens with zero attached hydrogens (tertiary/aromatic N) is 1. The number of hydrogen-bond acceptors (Lipinski definition) is 4. The molecule has 0 aliphatic carbocycles. The lowest BCUT2D eigenvalue weighted by molar-refractivity contribution is 0.101. The Balaban J connectivity index is 1.52. The van der Waals surface area contributed by atoms with Crippen LogP contribution in [0.15, 0.2) is 66.7 Å². The van der Waals surface area contributed by atoms with Gasteiger partial charge in [0.15, 0.2) is 0 Å². The van der Waals surface area contributed by atoms with Gasteiger partial charge in [0.25, 0.3) is 0 Å². The molecule has 2 N–H and O–H groups in total. The second-order valence-corrected chi connectivity index (χ2v) is 8.20. The van der Waals surface area contributed by atoms with Crippen molar-refractivity contribution in [2.45, 2.75) is 32.6 Å². The number of hydrogen-bond donors (Lipinski definition) is 2. The van der Waals surface area contributed by atoms with Gasteiger partial charge in [-0.15, -0.1) is 0 Å². The van der Waals surface area contributed by atoms with E-state index < -0.39 is 32.7 Å². The Morgan fingerprint density at radius 1 is 1.06 bits per heavy atom. The number of ether oxygens (including phenoxy) is 1. The van der Waals surface area contributed by atoms with Crippen molar-refractivity contribution in [2.24, 2.45) is 5.92 Å². The summed E-state index contributed by atoms with van der Waals surface area (Å²) in [6, 6.07) is 10.5. The molecule has 1 unspecified atom stereocenters. The van der Waals surface area contributed by atoms with Crippen molar-refractivity contribution in [1.29, 1.82) is 0 Å². The molecule has 2 heterocycles. The van der Waals surface area contributed by atoms with Crippen LogP contribution in [0, 0.1) is 5.92 Å². The molecule has 2 aliphatic heterocycles. The molecule has 33 heavy (non-hydrogen) atoms. The van der Waals surface area contributed by atoms with Crippen molar-refractivity contribution in [1.82, 2.24) is 4.90 Å². The minimum atomic E-state index is -3.18. The molecule has 0 aromatic heterocycles. The lowest BCUT2D eigenvalue weighted by Crippen LogP contribution is -2.47. The highest BCUT2D eigenvalue weighted by atomic mass is 16.5. The van der Waals surface area contributed by atoms with E-state index in [-0.39, 0.29) is 83.1 Å². The summed E-state index contributed by atoms with van der Waals surface area (Å²) >= 11 is 0. The van der Waals surface area contributed by atoms with Crippen molar-refractivity contribution in [3.63, 3.8) is 0 Å². The normalized spacial score (nSPS) is 25.9. The minimum Gasteiger partial charge on any atom is -0.508 e. The predicted octanol–water partition coefficient (Wildman–Crippen LogP) is 6.05. The zero-order valence-corrected chi connectivity index (χ0v) is 17.6. The third-order valence-corrected chi connectivity index (χ3v) is 5.89. The van der Waals surface area contributed by atoms with Gasteiger partial charge < -0.3 is 19.8 Å². The molecule has 3 aromatic carbocycles. The fraction of sp³-hybridized carbons (Fsp3) is 0.310. The third kappa shape index (κ3) is 4.36. The van der Waals surface area contributed by atoms with E-state index in [1.807, 2.05) is 0 Å². The lowest BCUT2D eigenvalue weighted by Gasteiger charge is -2.39. The first-order chi connectivity index (χ1) is 21.1. The van der Waals surface area contributed by atoms with E-state index in [1.165, 1.54) is 42.5 Å². The number of phenolic OH excluding ortho intramolecular Hbond substituents is 2. The van der Waals surface area contributed by atoms with Crippen LogP contribution in [0.5, 0.6) is 17.2 Å². The summed E-state index contributed by atoms with van der Waals surface area (Å²) in [5, 5.41) is 20.1. The van der Waals surface area contributed by atoms with Crippen LogP contribution in [0.25, 0.3) is 11.1 Å². The summed E-state index contributed by atoms with van der Waals surface area (Å²) in [5.41, 5.74) is 0.803. The van der Waals surface area contributed by atoms with Crippen LogP contribution in [0.4, 0.5) is 0 Å². The third-order valence-electron chi connectivity index (χ3n) is 5.89. The SMILES string of the molecule is [2H]c1cc(C2Oc3cc(O)cc([2H])c3C(C([2H])([2H])[2H])=C2c2ccc(O)cc2)cc([2H])c1CC1CN(C([2H])([2H])C([2H])([2H])C([2H])([2H])[2H])C1. The Bertz CT molecular complexity index is 1670. The fourth-order valence-corrected chi connectivity index (χ4v) is 4.23. The molecule has 4 nitrogen and oxygen atoms in total. The van der Waals surface area contributed by atoms with Crippen LogP contribution in [0.2, 0.25) is 0 Å². The number of fused-ring (bicyclic) bond motifs is 1. The highest BCUT2D eigenvalue weighted by Crippen LogP contribution is 2.47. The summed E-state index contributed by atoms with van der Waals surface area (Å²) < 4.78 is 112. The Hall–Kier alpha value is -3.24. The average Bonchev–Trinajstić information content (AvgIpc) is 2.89. The smallest absolute Gasteiger partial charge is 0.150 e. The monoisotopic (exact) mass is 454 g/mol. The maximum absolute atomic E-state index is 10.2. The molecule has 4 heteroatoms. The highest BCUT2D eigenvalue weighted by molar-refractivity contribution is 5.95. The zero-order valence-electron chi connectivity index (χ0n) is 30.6. The molecule has 0 radical (unpaired) electrons. The van der Waals surface area contributed by atoms with Gasteiger partial charge in [-0.3, -0.25) is 0 Å². The van der Waals surface area contributed by atoms with Gasteiger partial charge in [0, 0.05) is 44.0 Å². The van der Waals surface area contributed by atoms with E-state index in [4.69, 9.17) is 22.6 Å². The maximum Gasteiger partial charge on any atom is 0.150 e. The van der Waals surface area contributed by atoms with E-state index in [2.05, 4.69) is 0 Å². The first kappa shape index (κ1) is 11.3. The topological polar surface area (TPSA) is 52.9 Å². The first-order valence-electron chi connectivity index (χ1n) is 17.0. The standard InChI is InChI=1S/C29H31NO3/c1-3-14-30-17-21(18-30)15-20-4-6-23(7-5-20)29-28(22-8-10-24(31)11-9-22)19(2)26-13-12-25(32)16-27(26)33-29/h4-13,16,21,29,31-32H,3,14-15,17-18H2,1-2H3/i1D3,2D3,3D2,4D,5D,13D,14D2. The summed E-state index contributed by atoms with van der Waals surface area (Å²) in [5.74, 6) is -0.731. The number of likely N-dealkylation sites (tertiary alicyclic amines) is 1. The Kier molecular flexibility index (Phi) is 3.05. The maximum atomic E-state index is 10.2. The molecule has 0 spiro atoms. The molecule has 170 valence electrons. The van der Waals surface area contributed by atoms with Crippen LogP contribution in [-0.2, 0) is 6.42 Å². The Labute approximate surface area is 214 Å². The van der Waals surface area contributed by atoms with Crippen molar-refractivity contribution in [2.75, 3.05) is 19.6 Å². The van der Waals surface area contributed by atoms with Gasteiger partial charge in [0.1, 0.15) is 23.4 Å². The highest BCUT2D eigenvalue weighted by Gasteiger charge is 2.30. The van der Waals surface area contributed by atoms with Gasteiger partial charge in [0.2, 0.25) is 0 Å². The van der Waals surface area contributed by atoms with Gasteiger partial charge in [-0.1, -0.05) is 43.2 Å². The Morgan fingerprint density at radius 2 is 1.85 bits per heavy atom. The van der Waals surface area contributed by atoms with Crippen LogP contribution in [-0.4, -0.2) is 34.7 Å². The molecular weight excluding hydrogens is 410 g/mol. The van der Waals surface area contributed by atoms with E-state index in [1.54, 1.807) is 0 Å². The van der Waals surface area contributed by atoms with E-state index in [0.29, 0.717) is 11.1 Å². The quantitative estimate of drug-likeness (QED) is 0.476. The molecule has 5 rings (SSSR count). The molecule has 1 atom stereocenters. The van der Waals surface area contributed by atoms with Gasteiger partial charge in [-0.2, -0.15) is 0 Å². The molecular formula is C29H31NO3. The van der Waals surface area contributed by atoms with Crippen molar-refractivity contribution in [3.8, 4) is 17.2 Å². The molecule has 3 aromatic rings. The van der Waals surface area contributed by atoms with Gasteiger partial charge in [-0.25, -0.2) is 0 Å². The summed E-state index contributed by atoms with van der Waals surface area (Å²) in [6.45, 7) is -8.69. The van der Waals surface area contributed by atoms with Crippen LogP contribution < -0.4 is 4.74 Å². The number of benzene rings is 3. The average molecular weight is 455 g/mol. The number of aromatic hydroxyl groups is 2. The number of allylic oxidation sites excluding steroid dienone is 1. The molecule has 0 amide bonds. The van der Waals surface area contributed by atoms with Crippen molar-refractivity contribution >= 4 is 11.1 Å².